The van der Waals surface area contributed by atoms with E-state index in [9.17, 15) is 17.2 Å². The topological polar surface area (TPSA) is 94.3 Å². The Labute approximate surface area is 111 Å². The average Bonchev–Trinajstić information content (AvgIpc) is 2.68. The predicted molar refractivity (Wildman–Crippen MR) is 69.1 cm³/mol. The standard InChI is InChI=1S/C9H9F2N3O3S2/c1-17-5-2-4(12)3-6-7(5)13-9(18-6)14-19(15,16)8(10)11/h2-3,8H,12H2,1H3,(H,13,14). The van der Waals surface area contributed by atoms with Crippen molar-refractivity contribution >= 4 is 42.4 Å². The Balaban J connectivity index is 2.48. The average molecular weight is 309 g/mol. The number of fused-ring (bicyclic) bond motifs is 1. The van der Waals surface area contributed by atoms with Crippen LogP contribution in [0.3, 0.4) is 0 Å². The van der Waals surface area contributed by atoms with Gasteiger partial charge in [-0.15, -0.1) is 0 Å². The van der Waals surface area contributed by atoms with Gasteiger partial charge in [-0.2, -0.15) is 8.78 Å². The zero-order chi connectivity index (χ0) is 14.2. The van der Waals surface area contributed by atoms with Crippen LogP contribution in [-0.4, -0.2) is 26.3 Å². The second-order valence-corrected chi connectivity index (χ2v) is 6.18. The molecule has 0 unspecified atom stereocenters. The number of hydrogen-bond acceptors (Lipinski definition) is 6. The van der Waals surface area contributed by atoms with Gasteiger partial charge in [0, 0.05) is 11.8 Å². The summed E-state index contributed by atoms with van der Waals surface area (Å²) in [6, 6.07) is 3.06. The largest absolute Gasteiger partial charge is 0.494 e. The molecular weight excluding hydrogens is 300 g/mol. The number of thiazole rings is 1. The zero-order valence-corrected chi connectivity index (χ0v) is 11.2. The minimum atomic E-state index is -4.74. The van der Waals surface area contributed by atoms with E-state index in [2.05, 4.69) is 4.98 Å². The molecule has 0 radical (unpaired) electrons. The quantitative estimate of drug-likeness (QED) is 0.841. The Kier molecular flexibility index (Phi) is 3.45. The van der Waals surface area contributed by atoms with E-state index in [0.29, 0.717) is 21.7 Å². The Morgan fingerprint density at radius 1 is 1.47 bits per heavy atom. The highest BCUT2D eigenvalue weighted by atomic mass is 32.2. The van der Waals surface area contributed by atoms with E-state index in [-0.39, 0.29) is 5.13 Å². The van der Waals surface area contributed by atoms with Crippen molar-refractivity contribution in [1.82, 2.24) is 4.98 Å². The monoisotopic (exact) mass is 309 g/mol. The van der Waals surface area contributed by atoms with Crippen molar-refractivity contribution in [2.45, 2.75) is 5.76 Å². The molecular formula is C9H9F2N3O3S2. The fourth-order valence-electron chi connectivity index (χ4n) is 1.38. The Hall–Kier alpha value is -1.68. The van der Waals surface area contributed by atoms with Crippen molar-refractivity contribution in [3.05, 3.63) is 12.1 Å². The number of anilines is 2. The summed E-state index contributed by atoms with van der Waals surface area (Å²) in [4.78, 5) is 3.91. The van der Waals surface area contributed by atoms with Gasteiger partial charge in [-0.3, -0.25) is 4.72 Å². The van der Waals surface area contributed by atoms with Crippen LogP contribution in [0, 0.1) is 0 Å². The highest BCUT2D eigenvalue weighted by Crippen LogP contribution is 2.35. The number of halogens is 2. The van der Waals surface area contributed by atoms with Crippen LogP contribution in [0.1, 0.15) is 0 Å². The van der Waals surface area contributed by atoms with E-state index in [1.54, 1.807) is 10.8 Å². The van der Waals surface area contributed by atoms with Crippen LogP contribution in [0.15, 0.2) is 12.1 Å². The fraction of sp³-hybridized carbons (Fsp3) is 0.222. The van der Waals surface area contributed by atoms with Gasteiger partial charge in [0.05, 0.1) is 11.8 Å². The lowest BCUT2D eigenvalue weighted by Gasteiger charge is -2.02. The Morgan fingerprint density at radius 3 is 2.74 bits per heavy atom. The van der Waals surface area contributed by atoms with E-state index >= 15 is 0 Å². The first-order valence-electron chi connectivity index (χ1n) is 4.87. The van der Waals surface area contributed by atoms with Crippen molar-refractivity contribution in [3.8, 4) is 5.75 Å². The number of nitrogens with one attached hydrogen (secondary N) is 1. The number of aromatic nitrogens is 1. The van der Waals surface area contributed by atoms with Gasteiger partial charge in [-0.25, -0.2) is 13.4 Å². The summed E-state index contributed by atoms with van der Waals surface area (Å²) in [5.41, 5.74) is 6.38. The van der Waals surface area contributed by atoms with Crippen molar-refractivity contribution in [1.29, 1.82) is 0 Å². The summed E-state index contributed by atoms with van der Waals surface area (Å²) < 4.78 is 53.9. The number of methoxy groups -OCH3 is 1. The minimum Gasteiger partial charge on any atom is -0.494 e. The molecule has 3 N–H and O–H groups in total. The lowest BCUT2D eigenvalue weighted by Crippen LogP contribution is -2.20. The summed E-state index contributed by atoms with van der Waals surface area (Å²) in [6.07, 6.45) is 0. The van der Waals surface area contributed by atoms with Gasteiger partial charge in [0.25, 0.3) is 10.0 Å². The molecule has 2 rings (SSSR count). The molecule has 19 heavy (non-hydrogen) atoms. The first-order valence-corrected chi connectivity index (χ1v) is 7.23. The van der Waals surface area contributed by atoms with E-state index < -0.39 is 15.8 Å². The first-order chi connectivity index (χ1) is 8.83. The summed E-state index contributed by atoms with van der Waals surface area (Å²) in [5, 5.41) is -0.167. The molecule has 1 heterocycles. The SMILES string of the molecule is COc1cc(N)cc2sc(NS(=O)(=O)C(F)F)nc12. The van der Waals surface area contributed by atoms with Crippen LogP contribution >= 0.6 is 11.3 Å². The van der Waals surface area contributed by atoms with Crippen LogP contribution in [0.25, 0.3) is 10.2 Å². The van der Waals surface area contributed by atoms with Crippen LogP contribution in [0.2, 0.25) is 0 Å². The Morgan fingerprint density at radius 2 is 2.16 bits per heavy atom. The number of nitrogens with two attached hydrogens (primary N) is 1. The third-order valence-corrected chi connectivity index (χ3v) is 4.16. The molecule has 0 aliphatic rings. The fourth-order valence-corrected chi connectivity index (χ4v) is 3.06. The number of alkyl halides is 2. The lowest BCUT2D eigenvalue weighted by atomic mass is 10.3. The summed E-state index contributed by atoms with van der Waals surface area (Å²) in [6.45, 7) is 0. The molecule has 0 aliphatic carbocycles. The van der Waals surface area contributed by atoms with Crippen molar-refractivity contribution < 1.29 is 21.9 Å². The van der Waals surface area contributed by atoms with E-state index in [1.165, 1.54) is 13.2 Å². The number of sulfonamides is 1. The van der Waals surface area contributed by atoms with Crippen LogP contribution in [0.4, 0.5) is 19.6 Å². The molecule has 10 heteroatoms. The summed E-state index contributed by atoms with van der Waals surface area (Å²) in [7, 11) is -3.34. The van der Waals surface area contributed by atoms with Crippen molar-refractivity contribution in [2.24, 2.45) is 0 Å². The normalized spacial score (nSPS) is 12.0. The number of hydrogen-bond donors (Lipinski definition) is 2. The maximum Gasteiger partial charge on any atom is 0.355 e. The molecule has 6 nitrogen and oxygen atoms in total. The molecule has 0 fully saturated rings. The first kappa shape index (κ1) is 13.7. The lowest BCUT2D eigenvalue weighted by molar-refractivity contribution is 0.236. The highest BCUT2D eigenvalue weighted by molar-refractivity contribution is 7.93. The molecule has 2 aromatic rings. The summed E-state index contributed by atoms with van der Waals surface area (Å²) in [5.74, 6) is -3.18. The maximum absolute atomic E-state index is 12.2. The van der Waals surface area contributed by atoms with Crippen LogP contribution in [0.5, 0.6) is 5.75 Å². The van der Waals surface area contributed by atoms with E-state index in [1.807, 2.05) is 0 Å². The molecule has 0 amide bonds. The number of nitrogen functional groups attached to an aromatic ring is 1. The van der Waals surface area contributed by atoms with E-state index in [0.717, 1.165) is 11.3 Å². The molecule has 0 aliphatic heterocycles. The van der Waals surface area contributed by atoms with Gasteiger partial charge >= 0.3 is 5.76 Å². The maximum atomic E-state index is 12.2. The molecule has 1 aromatic carbocycles. The molecule has 104 valence electrons. The van der Waals surface area contributed by atoms with Gasteiger partial charge in [0.1, 0.15) is 11.3 Å². The van der Waals surface area contributed by atoms with Gasteiger partial charge in [0.2, 0.25) is 0 Å². The summed E-state index contributed by atoms with van der Waals surface area (Å²) >= 11 is 0.891. The van der Waals surface area contributed by atoms with Gasteiger partial charge in [-0.05, 0) is 6.07 Å². The number of nitrogens with zero attached hydrogens (tertiary/aromatic N) is 1. The highest BCUT2D eigenvalue weighted by Gasteiger charge is 2.25. The molecule has 0 saturated heterocycles. The zero-order valence-electron chi connectivity index (χ0n) is 9.55. The molecule has 0 saturated carbocycles. The van der Waals surface area contributed by atoms with Crippen LogP contribution < -0.4 is 15.2 Å². The smallest absolute Gasteiger partial charge is 0.355 e. The number of benzene rings is 1. The third kappa shape index (κ3) is 2.68. The van der Waals surface area contributed by atoms with Gasteiger partial charge in [0.15, 0.2) is 5.13 Å². The second kappa shape index (κ2) is 4.78. The van der Waals surface area contributed by atoms with Crippen molar-refractivity contribution in [2.75, 3.05) is 17.6 Å². The van der Waals surface area contributed by atoms with Crippen LogP contribution in [-0.2, 0) is 10.0 Å². The Bertz CT molecular complexity index is 715. The van der Waals surface area contributed by atoms with E-state index in [4.69, 9.17) is 10.5 Å². The minimum absolute atomic E-state index is 0.167. The predicted octanol–water partition coefficient (Wildman–Crippen LogP) is 1.85. The second-order valence-electron chi connectivity index (χ2n) is 3.50. The molecule has 0 bridgehead atoms. The molecule has 0 spiro atoms. The van der Waals surface area contributed by atoms with Gasteiger partial charge in [-0.1, -0.05) is 11.3 Å². The number of ether oxygens (including phenoxy) is 1. The molecule has 1 aromatic heterocycles. The molecule has 0 atom stereocenters. The number of rotatable bonds is 4. The van der Waals surface area contributed by atoms with Crippen molar-refractivity contribution in [3.63, 3.8) is 0 Å². The van der Waals surface area contributed by atoms with Gasteiger partial charge < -0.3 is 10.5 Å². The third-order valence-electron chi connectivity index (χ3n) is 2.17.